The van der Waals surface area contributed by atoms with E-state index in [1.54, 1.807) is 19.1 Å². The van der Waals surface area contributed by atoms with Crippen LogP contribution in [0.4, 0.5) is 10.1 Å². The highest BCUT2D eigenvalue weighted by molar-refractivity contribution is 7.92. The average molecular weight is 480 g/mol. The lowest BCUT2D eigenvalue weighted by molar-refractivity contribution is 0.0281. The van der Waals surface area contributed by atoms with Crippen LogP contribution in [-0.4, -0.2) is 65.2 Å². The van der Waals surface area contributed by atoms with E-state index in [2.05, 4.69) is 17.0 Å². The minimum Gasteiger partial charge on any atom is -0.491 e. The van der Waals surface area contributed by atoms with Gasteiger partial charge in [0, 0.05) is 39.4 Å². The molecular weight excluding hydrogens is 449 g/mol. The molecule has 0 aliphatic carbocycles. The summed E-state index contributed by atoms with van der Waals surface area (Å²) >= 11 is 0. The molecule has 3 atom stereocenters. The van der Waals surface area contributed by atoms with Crippen molar-refractivity contribution in [1.29, 1.82) is 0 Å². The summed E-state index contributed by atoms with van der Waals surface area (Å²) in [5.41, 5.74) is 0.544. The summed E-state index contributed by atoms with van der Waals surface area (Å²) in [7, 11) is -0.622. The van der Waals surface area contributed by atoms with E-state index in [1.807, 2.05) is 6.92 Å². The van der Waals surface area contributed by atoms with Gasteiger partial charge in [0.15, 0.2) is 0 Å². The van der Waals surface area contributed by atoms with Gasteiger partial charge in [-0.25, -0.2) is 12.8 Å². The summed E-state index contributed by atoms with van der Waals surface area (Å²) in [5, 5.41) is 3.40. The van der Waals surface area contributed by atoms with Crippen molar-refractivity contribution in [3.8, 4) is 5.75 Å². The topological polar surface area (TPSA) is 97.0 Å². The van der Waals surface area contributed by atoms with Crippen molar-refractivity contribution in [2.24, 2.45) is 5.92 Å². The number of rotatable bonds is 4. The van der Waals surface area contributed by atoms with Crippen molar-refractivity contribution < 1.29 is 27.1 Å². The van der Waals surface area contributed by atoms with Gasteiger partial charge >= 0.3 is 0 Å². The fourth-order valence-corrected chi connectivity index (χ4v) is 4.60. The summed E-state index contributed by atoms with van der Waals surface area (Å²) in [6.07, 6.45) is -0.149. The normalized spacial score (nSPS) is 22.5. The summed E-state index contributed by atoms with van der Waals surface area (Å²) in [4.78, 5) is 14.6. The molecule has 2 aromatic carbocycles. The molecule has 0 fully saturated rings. The molecule has 0 spiro atoms. The Kier molecular flexibility index (Phi) is 7.93. The average Bonchev–Trinajstić information content (AvgIpc) is 2.78. The predicted molar refractivity (Wildman–Crippen MR) is 124 cm³/mol. The van der Waals surface area contributed by atoms with Crippen molar-refractivity contribution in [3.05, 3.63) is 53.8 Å². The van der Waals surface area contributed by atoms with Crippen LogP contribution in [0.2, 0.25) is 0 Å². The molecule has 2 N–H and O–H groups in total. The number of hydrogen-bond donors (Lipinski definition) is 2. The van der Waals surface area contributed by atoms with Gasteiger partial charge in [0.05, 0.1) is 22.3 Å². The van der Waals surface area contributed by atoms with Crippen LogP contribution in [0.25, 0.3) is 0 Å². The minimum atomic E-state index is -3.94. The molecule has 8 nitrogen and oxygen atoms in total. The van der Waals surface area contributed by atoms with Gasteiger partial charge in [0.2, 0.25) is 0 Å². The predicted octanol–water partition coefficient (Wildman–Crippen LogP) is 2.72. The van der Waals surface area contributed by atoms with E-state index in [9.17, 15) is 17.6 Å². The van der Waals surface area contributed by atoms with Gasteiger partial charge in [-0.2, -0.15) is 0 Å². The van der Waals surface area contributed by atoms with Crippen LogP contribution < -0.4 is 14.8 Å². The first-order chi connectivity index (χ1) is 15.6. The van der Waals surface area contributed by atoms with Crippen LogP contribution in [-0.2, 0) is 14.8 Å². The highest BCUT2D eigenvalue weighted by atomic mass is 32.2. The lowest BCUT2D eigenvalue weighted by atomic mass is 10.0. The highest BCUT2D eigenvalue weighted by Gasteiger charge is 2.26. The molecule has 3 rings (SSSR count). The molecule has 180 valence electrons. The number of ether oxygens (including phenoxy) is 2. The van der Waals surface area contributed by atoms with Crippen LogP contribution in [0.5, 0.6) is 5.75 Å². The molecule has 0 aromatic heterocycles. The number of carbonyl (C=O) groups excluding carboxylic acids is 1. The van der Waals surface area contributed by atoms with E-state index < -0.39 is 15.8 Å². The van der Waals surface area contributed by atoms with Crippen molar-refractivity contribution in [1.82, 2.24) is 10.2 Å². The molecule has 1 aliphatic rings. The molecule has 0 saturated carbocycles. The third kappa shape index (κ3) is 6.21. The third-order valence-electron chi connectivity index (χ3n) is 5.60. The molecule has 10 heteroatoms. The van der Waals surface area contributed by atoms with Gasteiger partial charge in [-0.1, -0.05) is 6.92 Å². The van der Waals surface area contributed by atoms with Crippen LogP contribution in [0, 0.1) is 11.7 Å². The first-order valence-corrected chi connectivity index (χ1v) is 12.2. The first-order valence-electron chi connectivity index (χ1n) is 10.7. The number of carbonyl (C=O) groups is 1. The number of anilines is 1. The van der Waals surface area contributed by atoms with E-state index in [0.717, 1.165) is 12.1 Å². The fourth-order valence-electron chi connectivity index (χ4n) is 3.55. The van der Waals surface area contributed by atoms with Crippen molar-refractivity contribution in [2.45, 2.75) is 30.9 Å². The number of sulfonamides is 1. The number of hydrogen-bond acceptors (Lipinski definition) is 6. The number of nitrogens with one attached hydrogen (secondary N) is 2. The van der Waals surface area contributed by atoms with Crippen LogP contribution in [0.3, 0.4) is 0 Å². The molecule has 0 unspecified atom stereocenters. The van der Waals surface area contributed by atoms with E-state index in [1.165, 1.54) is 30.3 Å². The number of benzene rings is 2. The molecular formula is C23H30FN3O5S. The first kappa shape index (κ1) is 24.9. The maximum atomic E-state index is 13.2. The molecule has 0 radical (unpaired) electrons. The molecule has 0 bridgehead atoms. The van der Waals surface area contributed by atoms with Gasteiger partial charge in [0.1, 0.15) is 18.2 Å². The molecule has 1 amide bonds. The Morgan fingerprint density at radius 2 is 1.88 bits per heavy atom. The lowest BCUT2D eigenvalue weighted by Gasteiger charge is -2.30. The Morgan fingerprint density at radius 3 is 2.55 bits per heavy atom. The molecule has 1 aliphatic heterocycles. The number of amides is 1. The summed E-state index contributed by atoms with van der Waals surface area (Å²) < 4.78 is 52.5. The number of nitrogens with zero attached hydrogens (tertiary/aromatic N) is 1. The monoisotopic (exact) mass is 479 g/mol. The number of halogens is 1. The quantitative estimate of drug-likeness (QED) is 0.700. The van der Waals surface area contributed by atoms with E-state index in [0.29, 0.717) is 18.7 Å². The van der Waals surface area contributed by atoms with Crippen LogP contribution in [0.15, 0.2) is 47.4 Å². The maximum absolute atomic E-state index is 13.2. The standard InChI is InChI=1S/C23H30FN3O5S/c1-15-12-25-16(2)14-32-21-11-18(26-33(29,30)19-8-5-17(24)6-9-19)7-10-20(21)23(28)27(3)13-22(15)31-4/h5-11,15-16,22,25-26H,12-14H2,1-4H3/t15-,16-,22+/m0/s1. The Morgan fingerprint density at radius 1 is 1.18 bits per heavy atom. The van der Waals surface area contributed by atoms with Crippen molar-refractivity contribution >= 4 is 21.6 Å². The van der Waals surface area contributed by atoms with E-state index in [-0.39, 0.29) is 46.9 Å². The Labute approximate surface area is 194 Å². The summed E-state index contributed by atoms with van der Waals surface area (Å²) in [6, 6.07) is 9.02. The number of methoxy groups -OCH3 is 1. The molecule has 0 saturated heterocycles. The summed E-state index contributed by atoms with van der Waals surface area (Å²) in [6.45, 7) is 5.39. The van der Waals surface area contributed by atoms with Gasteiger partial charge < -0.3 is 19.7 Å². The zero-order chi connectivity index (χ0) is 24.2. The molecule has 1 heterocycles. The minimum absolute atomic E-state index is 0.00960. The highest BCUT2D eigenvalue weighted by Crippen LogP contribution is 2.27. The summed E-state index contributed by atoms with van der Waals surface area (Å²) in [5.74, 6) is -0.344. The number of likely N-dealkylation sites (N-methyl/N-ethyl adjacent to an activating group) is 1. The van der Waals surface area contributed by atoms with Gasteiger partial charge in [-0.15, -0.1) is 0 Å². The SMILES string of the molecule is CO[C@@H]1CN(C)C(=O)c2ccc(NS(=O)(=O)c3ccc(F)cc3)cc2OC[C@H](C)NC[C@@H]1C. The van der Waals surface area contributed by atoms with Gasteiger partial charge in [-0.05, 0) is 49.2 Å². The zero-order valence-corrected chi connectivity index (χ0v) is 20.0. The smallest absolute Gasteiger partial charge is 0.261 e. The second-order valence-corrected chi connectivity index (χ2v) is 10.0. The largest absolute Gasteiger partial charge is 0.491 e. The van der Waals surface area contributed by atoms with Gasteiger partial charge in [-0.3, -0.25) is 9.52 Å². The maximum Gasteiger partial charge on any atom is 0.261 e. The molecule has 33 heavy (non-hydrogen) atoms. The second kappa shape index (κ2) is 10.5. The van der Waals surface area contributed by atoms with E-state index in [4.69, 9.17) is 9.47 Å². The number of fused-ring (bicyclic) bond motifs is 1. The van der Waals surface area contributed by atoms with Gasteiger partial charge in [0.25, 0.3) is 15.9 Å². The van der Waals surface area contributed by atoms with E-state index >= 15 is 0 Å². The Bertz CT molecular complexity index is 1080. The van der Waals surface area contributed by atoms with Crippen molar-refractivity contribution in [3.63, 3.8) is 0 Å². The Balaban J connectivity index is 1.91. The second-order valence-electron chi connectivity index (χ2n) is 8.33. The van der Waals surface area contributed by atoms with Crippen molar-refractivity contribution in [2.75, 3.05) is 38.6 Å². The third-order valence-corrected chi connectivity index (χ3v) is 7.00. The zero-order valence-electron chi connectivity index (χ0n) is 19.2. The van der Waals surface area contributed by atoms with Crippen LogP contribution in [0.1, 0.15) is 24.2 Å². The Hall–Kier alpha value is -2.69. The van der Waals surface area contributed by atoms with Crippen LogP contribution >= 0.6 is 0 Å². The lowest BCUT2D eigenvalue weighted by Crippen LogP contribution is -2.44. The molecule has 2 aromatic rings. The fraction of sp³-hybridized carbons (Fsp3) is 0.435.